The third kappa shape index (κ3) is 2.34. The van der Waals surface area contributed by atoms with Crippen molar-refractivity contribution in [2.75, 3.05) is 12.0 Å². The quantitative estimate of drug-likeness (QED) is 0.668. The summed E-state index contributed by atoms with van der Waals surface area (Å²) in [6.07, 6.45) is 3.32. The fraction of sp³-hybridized carbons (Fsp3) is 0.375. The predicted molar refractivity (Wildman–Crippen MR) is 80.2 cm³/mol. The summed E-state index contributed by atoms with van der Waals surface area (Å²) >= 11 is 0. The molecule has 1 unspecified atom stereocenters. The molecule has 1 saturated carbocycles. The molecule has 0 bridgehead atoms. The van der Waals surface area contributed by atoms with Crippen molar-refractivity contribution in [2.45, 2.75) is 31.1 Å². The van der Waals surface area contributed by atoms with Gasteiger partial charge in [-0.2, -0.15) is 0 Å². The minimum atomic E-state index is 0.181. The summed E-state index contributed by atoms with van der Waals surface area (Å²) in [5.74, 6) is 8.82. The van der Waals surface area contributed by atoms with Crippen molar-refractivity contribution in [3.63, 3.8) is 0 Å². The number of hydrogen-bond donors (Lipinski definition) is 2. The van der Waals surface area contributed by atoms with Crippen molar-refractivity contribution < 1.29 is 4.74 Å². The fourth-order valence-corrected chi connectivity index (χ4v) is 2.91. The van der Waals surface area contributed by atoms with E-state index in [2.05, 4.69) is 16.5 Å². The second kappa shape index (κ2) is 5.00. The molecule has 2 aromatic rings. The van der Waals surface area contributed by atoms with Gasteiger partial charge >= 0.3 is 0 Å². The molecule has 1 aromatic carbocycles. The van der Waals surface area contributed by atoms with Gasteiger partial charge in [0.2, 0.25) is 0 Å². The van der Waals surface area contributed by atoms with Gasteiger partial charge in [0.15, 0.2) is 0 Å². The van der Waals surface area contributed by atoms with Gasteiger partial charge in [-0.1, -0.05) is 18.2 Å². The highest BCUT2D eigenvalue weighted by Gasteiger charge is 2.29. The first-order chi connectivity index (χ1) is 10.3. The van der Waals surface area contributed by atoms with Crippen LogP contribution in [0.3, 0.4) is 0 Å². The van der Waals surface area contributed by atoms with Crippen molar-refractivity contribution in [3.05, 3.63) is 47.4 Å². The lowest BCUT2D eigenvalue weighted by molar-refractivity contribution is 0.274. The van der Waals surface area contributed by atoms with Gasteiger partial charge in [-0.3, -0.25) is 0 Å². The Kier molecular flexibility index (Phi) is 3.00. The summed E-state index contributed by atoms with van der Waals surface area (Å²) in [5, 5.41) is 0. The number of rotatable bonds is 3. The highest BCUT2D eigenvalue weighted by atomic mass is 16.5. The molecular weight excluding hydrogens is 264 g/mol. The van der Waals surface area contributed by atoms with Crippen molar-refractivity contribution in [1.82, 2.24) is 9.97 Å². The largest absolute Gasteiger partial charge is 0.493 e. The first-order valence-corrected chi connectivity index (χ1v) is 7.42. The average Bonchev–Trinajstić information content (AvgIpc) is 3.39. The van der Waals surface area contributed by atoms with E-state index >= 15 is 0 Å². The molecule has 1 fully saturated rings. The monoisotopic (exact) mass is 282 g/mol. The molecule has 5 nitrogen and oxygen atoms in total. The summed E-state index contributed by atoms with van der Waals surface area (Å²) in [6, 6.07) is 10.1. The first-order valence-electron chi connectivity index (χ1n) is 7.42. The first kappa shape index (κ1) is 12.6. The highest BCUT2D eigenvalue weighted by molar-refractivity contribution is 5.43. The molecule has 1 aromatic heterocycles. The van der Waals surface area contributed by atoms with Gasteiger partial charge in [-0.25, -0.2) is 15.8 Å². The molecule has 21 heavy (non-hydrogen) atoms. The van der Waals surface area contributed by atoms with Gasteiger partial charge in [-0.05, 0) is 25.3 Å². The van der Waals surface area contributed by atoms with Gasteiger partial charge in [0.25, 0.3) is 0 Å². The van der Waals surface area contributed by atoms with Crippen LogP contribution in [0.1, 0.15) is 48.2 Å². The van der Waals surface area contributed by atoms with E-state index in [0.717, 1.165) is 23.7 Å². The molecule has 0 amide bonds. The van der Waals surface area contributed by atoms with E-state index in [-0.39, 0.29) is 5.92 Å². The number of ether oxygens (including phenoxy) is 1. The summed E-state index contributed by atoms with van der Waals surface area (Å²) in [5.41, 5.74) is 4.95. The van der Waals surface area contributed by atoms with Gasteiger partial charge in [0.05, 0.1) is 12.5 Å². The Hall–Kier alpha value is -2.14. The summed E-state index contributed by atoms with van der Waals surface area (Å²) in [6.45, 7) is 0.698. The van der Waals surface area contributed by atoms with E-state index in [1.165, 1.54) is 18.4 Å². The van der Waals surface area contributed by atoms with Gasteiger partial charge in [0.1, 0.15) is 17.4 Å². The van der Waals surface area contributed by atoms with Gasteiger partial charge in [-0.15, -0.1) is 0 Å². The smallest absolute Gasteiger partial charge is 0.143 e. The molecular formula is C16H18N4O. The zero-order valence-corrected chi connectivity index (χ0v) is 11.7. The Morgan fingerprint density at radius 2 is 2.00 bits per heavy atom. The van der Waals surface area contributed by atoms with Crippen LogP contribution in [0.5, 0.6) is 5.75 Å². The third-order valence-electron chi connectivity index (χ3n) is 4.18. The number of nitrogens with zero attached hydrogens (tertiary/aromatic N) is 2. The van der Waals surface area contributed by atoms with Crippen molar-refractivity contribution in [3.8, 4) is 5.75 Å². The number of para-hydroxylation sites is 1. The molecule has 1 atom stereocenters. The van der Waals surface area contributed by atoms with E-state index in [9.17, 15) is 0 Å². The second-order valence-corrected chi connectivity index (χ2v) is 5.68. The number of nitrogens with one attached hydrogen (secondary N) is 1. The standard InChI is InChI=1S/C16H18N4O/c17-20-15-9-13(10-5-6-10)18-16(19-15)12-7-8-21-14-4-2-1-3-11(12)14/h1-4,9-10,12H,5-8,17H2,(H,18,19,20). The molecule has 1 aliphatic carbocycles. The van der Waals surface area contributed by atoms with Gasteiger partial charge < -0.3 is 10.2 Å². The van der Waals surface area contributed by atoms with E-state index < -0.39 is 0 Å². The van der Waals surface area contributed by atoms with Crippen molar-refractivity contribution >= 4 is 5.82 Å². The lowest BCUT2D eigenvalue weighted by Gasteiger charge is -2.25. The SMILES string of the molecule is NNc1cc(C2CC2)nc(C2CCOc3ccccc32)n1. The molecule has 1 aliphatic heterocycles. The van der Waals surface area contributed by atoms with Crippen molar-refractivity contribution in [2.24, 2.45) is 5.84 Å². The number of benzene rings is 1. The van der Waals surface area contributed by atoms with E-state index in [4.69, 9.17) is 15.6 Å². The Morgan fingerprint density at radius 3 is 2.81 bits per heavy atom. The predicted octanol–water partition coefficient (Wildman–Crippen LogP) is 2.55. The Bertz CT molecular complexity index is 669. The van der Waals surface area contributed by atoms with Crippen LogP contribution in [0.15, 0.2) is 30.3 Å². The van der Waals surface area contributed by atoms with Crippen molar-refractivity contribution in [1.29, 1.82) is 0 Å². The number of anilines is 1. The minimum absolute atomic E-state index is 0.181. The van der Waals surface area contributed by atoms with E-state index in [1.807, 2.05) is 24.3 Å². The maximum absolute atomic E-state index is 5.73. The zero-order valence-electron chi connectivity index (χ0n) is 11.7. The summed E-state index contributed by atoms with van der Waals surface area (Å²) in [4.78, 5) is 9.39. The van der Waals surface area contributed by atoms with Crippen LogP contribution in [-0.4, -0.2) is 16.6 Å². The number of nitrogens with two attached hydrogens (primary N) is 1. The highest BCUT2D eigenvalue weighted by Crippen LogP contribution is 2.41. The van der Waals surface area contributed by atoms with E-state index in [0.29, 0.717) is 18.3 Å². The van der Waals surface area contributed by atoms with Crippen LogP contribution < -0.4 is 16.0 Å². The molecule has 3 N–H and O–H groups in total. The number of fused-ring (bicyclic) bond motifs is 1. The summed E-state index contributed by atoms with van der Waals surface area (Å²) < 4.78 is 5.73. The maximum atomic E-state index is 5.73. The van der Waals surface area contributed by atoms with Crippen LogP contribution in [-0.2, 0) is 0 Å². The molecule has 0 saturated heterocycles. The Labute approximate surface area is 123 Å². The zero-order chi connectivity index (χ0) is 14.2. The number of hydrazine groups is 1. The second-order valence-electron chi connectivity index (χ2n) is 5.68. The van der Waals surface area contributed by atoms with Crippen LogP contribution in [0.2, 0.25) is 0 Å². The summed E-state index contributed by atoms with van der Waals surface area (Å²) in [7, 11) is 0. The van der Waals surface area contributed by atoms with Crippen LogP contribution in [0.25, 0.3) is 0 Å². The lowest BCUT2D eigenvalue weighted by Crippen LogP contribution is -2.19. The van der Waals surface area contributed by atoms with E-state index in [1.54, 1.807) is 0 Å². The molecule has 4 rings (SSSR count). The fourth-order valence-electron chi connectivity index (χ4n) is 2.91. The Morgan fingerprint density at radius 1 is 1.14 bits per heavy atom. The molecule has 2 heterocycles. The number of nitrogen functional groups attached to an aromatic ring is 1. The van der Waals surface area contributed by atoms with Crippen LogP contribution in [0.4, 0.5) is 5.82 Å². The average molecular weight is 282 g/mol. The molecule has 0 radical (unpaired) electrons. The third-order valence-corrected chi connectivity index (χ3v) is 4.18. The molecule has 0 spiro atoms. The Balaban J connectivity index is 1.78. The molecule has 108 valence electrons. The van der Waals surface area contributed by atoms with Crippen LogP contribution >= 0.6 is 0 Å². The minimum Gasteiger partial charge on any atom is -0.493 e. The normalized spacial score (nSPS) is 20.5. The van der Waals surface area contributed by atoms with Gasteiger partial charge in [0, 0.05) is 23.2 Å². The topological polar surface area (TPSA) is 73.1 Å². The number of aromatic nitrogens is 2. The molecule has 5 heteroatoms. The maximum Gasteiger partial charge on any atom is 0.143 e. The van der Waals surface area contributed by atoms with Crippen LogP contribution in [0, 0.1) is 0 Å². The lowest BCUT2D eigenvalue weighted by atomic mass is 9.92. The molecule has 2 aliphatic rings. The number of hydrogen-bond acceptors (Lipinski definition) is 5.